The van der Waals surface area contributed by atoms with E-state index in [-0.39, 0.29) is 5.84 Å². The zero-order valence-corrected chi connectivity index (χ0v) is 16.1. The molecule has 1 saturated heterocycles. The SMILES string of the molecule is N=C(N)C1=C(N2CCNCC2)CC(c2ccnc(CCc3ccccc3)c2)=C1. The molecule has 0 bridgehead atoms. The van der Waals surface area contributed by atoms with Gasteiger partial charge in [0.25, 0.3) is 0 Å². The Labute approximate surface area is 166 Å². The zero-order chi connectivity index (χ0) is 19.3. The number of piperazine rings is 1. The van der Waals surface area contributed by atoms with Gasteiger partial charge in [0.2, 0.25) is 0 Å². The van der Waals surface area contributed by atoms with Crippen molar-refractivity contribution in [1.82, 2.24) is 15.2 Å². The summed E-state index contributed by atoms with van der Waals surface area (Å²) in [5, 5.41) is 11.4. The largest absolute Gasteiger partial charge is 0.384 e. The van der Waals surface area contributed by atoms with E-state index in [1.165, 1.54) is 22.4 Å². The second-order valence-electron chi connectivity index (χ2n) is 7.38. The van der Waals surface area contributed by atoms with Gasteiger partial charge in [0.15, 0.2) is 0 Å². The van der Waals surface area contributed by atoms with Gasteiger partial charge in [-0.25, -0.2) is 0 Å². The molecule has 2 aromatic rings. The summed E-state index contributed by atoms with van der Waals surface area (Å²) in [6.45, 7) is 3.88. The van der Waals surface area contributed by atoms with Gasteiger partial charge in [-0.1, -0.05) is 30.3 Å². The van der Waals surface area contributed by atoms with Crippen molar-refractivity contribution < 1.29 is 0 Å². The number of hydrogen-bond donors (Lipinski definition) is 3. The number of pyridine rings is 1. The summed E-state index contributed by atoms with van der Waals surface area (Å²) in [4.78, 5) is 6.93. The van der Waals surface area contributed by atoms with E-state index in [4.69, 9.17) is 11.1 Å². The zero-order valence-electron chi connectivity index (χ0n) is 16.1. The number of nitrogens with two attached hydrogens (primary N) is 1. The molecule has 0 atom stereocenters. The molecular formula is C23H27N5. The highest BCUT2D eigenvalue weighted by Gasteiger charge is 2.24. The first-order valence-electron chi connectivity index (χ1n) is 9.94. The van der Waals surface area contributed by atoms with E-state index in [1.807, 2.05) is 12.3 Å². The molecule has 28 heavy (non-hydrogen) atoms. The molecule has 0 radical (unpaired) electrons. The van der Waals surface area contributed by atoms with E-state index in [9.17, 15) is 0 Å². The lowest BCUT2D eigenvalue weighted by atomic mass is 10.0. The summed E-state index contributed by atoms with van der Waals surface area (Å²) in [7, 11) is 0. The highest BCUT2D eigenvalue weighted by Crippen LogP contribution is 2.34. The van der Waals surface area contributed by atoms with Crippen LogP contribution >= 0.6 is 0 Å². The van der Waals surface area contributed by atoms with Gasteiger partial charge in [0.1, 0.15) is 5.84 Å². The van der Waals surface area contributed by atoms with Gasteiger partial charge < -0.3 is 16.0 Å². The summed E-state index contributed by atoms with van der Waals surface area (Å²) in [6.07, 6.45) is 6.72. The molecule has 4 N–H and O–H groups in total. The molecule has 1 aliphatic carbocycles. The Morgan fingerprint density at radius 1 is 1.11 bits per heavy atom. The van der Waals surface area contributed by atoms with Crippen LogP contribution in [-0.2, 0) is 12.8 Å². The van der Waals surface area contributed by atoms with Crippen LogP contribution in [0.3, 0.4) is 0 Å². The summed E-state index contributed by atoms with van der Waals surface area (Å²) >= 11 is 0. The van der Waals surface area contributed by atoms with Crippen LogP contribution in [0.15, 0.2) is 66.0 Å². The predicted molar refractivity (Wildman–Crippen MR) is 114 cm³/mol. The molecule has 4 rings (SSSR count). The molecule has 2 heterocycles. The number of nitrogens with one attached hydrogen (secondary N) is 2. The first-order chi connectivity index (χ1) is 13.7. The number of allylic oxidation sites excluding steroid dienone is 1. The van der Waals surface area contributed by atoms with Gasteiger partial charge in [0, 0.05) is 55.8 Å². The standard InChI is InChI=1S/C23H27N5/c24-23(25)21-15-19(16-22(21)28-12-10-26-11-13-28)18-8-9-27-20(14-18)7-6-17-4-2-1-3-5-17/h1-5,8-9,14-15,26H,6-7,10-13,16H2,(H3,24,25). The molecule has 2 aliphatic rings. The number of rotatable bonds is 6. The summed E-state index contributed by atoms with van der Waals surface area (Å²) < 4.78 is 0. The van der Waals surface area contributed by atoms with E-state index in [0.29, 0.717) is 0 Å². The van der Waals surface area contributed by atoms with Crippen LogP contribution in [0.4, 0.5) is 0 Å². The van der Waals surface area contributed by atoms with Crippen molar-refractivity contribution in [3.63, 3.8) is 0 Å². The molecule has 5 nitrogen and oxygen atoms in total. The van der Waals surface area contributed by atoms with Crippen LogP contribution in [0, 0.1) is 5.41 Å². The van der Waals surface area contributed by atoms with Gasteiger partial charge >= 0.3 is 0 Å². The Hall–Kier alpha value is -2.92. The lowest BCUT2D eigenvalue weighted by Gasteiger charge is -2.31. The maximum Gasteiger partial charge on any atom is 0.124 e. The van der Waals surface area contributed by atoms with Crippen molar-refractivity contribution in [2.75, 3.05) is 26.2 Å². The number of aromatic nitrogens is 1. The third kappa shape index (κ3) is 4.15. The van der Waals surface area contributed by atoms with Gasteiger partial charge in [-0.2, -0.15) is 0 Å². The third-order valence-corrected chi connectivity index (χ3v) is 5.48. The Balaban J connectivity index is 1.50. The van der Waals surface area contributed by atoms with Gasteiger partial charge in [-0.3, -0.25) is 10.4 Å². The Morgan fingerprint density at radius 3 is 2.64 bits per heavy atom. The average Bonchev–Trinajstić information content (AvgIpc) is 3.20. The lowest BCUT2D eigenvalue weighted by Crippen LogP contribution is -2.43. The van der Waals surface area contributed by atoms with E-state index in [2.05, 4.69) is 57.7 Å². The Morgan fingerprint density at radius 2 is 1.89 bits per heavy atom. The smallest absolute Gasteiger partial charge is 0.124 e. The van der Waals surface area contributed by atoms with Crippen LogP contribution in [-0.4, -0.2) is 41.9 Å². The van der Waals surface area contributed by atoms with Crippen molar-refractivity contribution in [1.29, 1.82) is 5.41 Å². The fourth-order valence-corrected chi connectivity index (χ4v) is 3.95. The first-order valence-corrected chi connectivity index (χ1v) is 9.94. The minimum Gasteiger partial charge on any atom is -0.384 e. The average molecular weight is 374 g/mol. The summed E-state index contributed by atoms with van der Waals surface area (Å²) in [5.74, 6) is 0.155. The molecule has 5 heteroatoms. The van der Waals surface area contributed by atoms with Crippen LogP contribution in [0.1, 0.15) is 23.2 Å². The van der Waals surface area contributed by atoms with E-state index in [0.717, 1.165) is 56.7 Å². The van der Waals surface area contributed by atoms with Gasteiger partial charge in [-0.15, -0.1) is 0 Å². The summed E-state index contributed by atoms with van der Waals surface area (Å²) in [6, 6.07) is 14.8. The quantitative estimate of drug-likeness (QED) is 0.537. The van der Waals surface area contributed by atoms with Gasteiger partial charge in [-0.05, 0) is 47.8 Å². The summed E-state index contributed by atoms with van der Waals surface area (Å²) in [5.41, 5.74) is 12.8. The molecule has 1 fully saturated rings. The van der Waals surface area contributed by atoms with Crippen LogP contribution < -0.4 is 11.1 Å². The monoisotopic (exact) mass is 373 g/mol. The Bertz CT molecular complexity index is 908. The first kappa shape index (κ1) is 18.4. The number of aryl methyl sites for hydroxylation is 2. The number of benzene rings is 1. The molecular weight excluding hydrogens is 346 g/mol. The Kier molecular flexibility index (Phi) is 5.53. The molecule has 0 unspecified atom stereocenters. The number of nitrogens with zero attached hydrogens (tertiary/aromatic N) is 2. The fraction of sp³-hybridized carbons (Fsp3) is 0.304. The van der Waals surface area contributed by atoms with Crippen LogP contribution in [0.2, 0.25) is 0 Å². The highest BCUT2D eigenvalue weighted by molar-refractivity contribution is 6.02. The minimum absolute atomic E-state index is 0.155. The van der Waals surface area contributed by atoms with Crippen LogP contribution in [0.5, 0.6) is 0 Å². The van der Waals surface area contributed by atoms with Crippen molar-refractivity contribution in [3.8, 4) is 0 Å². The predicted octanol–water partition coefficient (Wildman–Crippen LogP) is 2.75. The normalized spacial score (nSPS) is 17.0. The highest BCUT2D eigenvalue weighted by atomic mass is 15.2. The second-order valence-corrected chi connectivity index (χ2v) is 7.38. The number of hydrogen-bond acceptors (Lipinski definition) is 4. The lowest BCUT2D eigenvalue weighted by molar-refractivity contribution is 0.296. The third-order valence-electron chi connectivity index (χ3n) is 5.48. The number of amidine groups is 1. The minimum atomic E-state index is 0.155. The molecule has 0 spiro atoms. The van der Waals surface area contributed by atoms with Gasteiger partial charge in [0.05, 0.1) is 0 Å². The van der Waals surface area contributed by atoms with E-state index < -0.39 is 0 Å². The van der Waals surface area contributed by atoms with Crippen molar-refractivity contribution in [3.05, 3.63) is 82.8 Å². The van der Waals surface area contributed by atoms with Crippen molar-refractivity contribution in [2.24, 2.45) is 5.73 Å². The second kappa shape index (κ2) is 8.40. The maximum absolute atomic E-state index is 8.02. The fourth-order valence-electron chi connectivity index (χ4n) is 3.95. The molecule has 144 valence electrons. The van der Waals surface area contributed by atoms with Crippen molar-refractivity contribution in [2.45, 2.75) is 19.3 Å². The molecule has 0 amide bonds. The maximum atomic E-state index is 8.02. The molecule has 1 aromatic heterocycles. The van der Waals surface area contributed by atoms with E-state index >= 15 is 0 Å². The molecule has 0 saturated carbocycles. The topological polar surface area (TPSA) is 78.0 Å². The molecule has 1 aromatic carbocycles. The molecule has 1 aliphatic heterocycles. The van der Waals surface area contributed by atoms with E-state index in [1.54, 1.807) is 0 Å². The van der Waals surface area contributed by atoms with Crippen LogP contribution in [0.25, 0.3) is 5.57 Å². The van der Waals surface area contributed by atoms with Crippen molar-refractivity contribution >= 4 is 11.4 Å².